The second-order valence-corrected chi connectivity index (χ2v) is 8.67. The Balaban J connectivity index is 1.53. The van der Waals surface area contributed by atoms with E-state index in [0.29, 0.717) is 18.5 Å². The van der Waals surface area contributed by atoms with Gasteiger partial charge in [-0.15, -0.1) is 0 Å². The molecule has 4 aromatic rings. The maximum absolute atomic E-state index is 13.5. The van der Waals surface area contributed by atoms with Gasteiger partial charge >= 0.3 is 0 Å². The normalized spacial score (nSPS) is 11.1. The van der Waals surface area contributed by atoms with Gasteiger partial charge in [0.05, 0.1) is 11.0 Å². The van der Waals surface area contributed by atoms with Crippen molar-refractivity contribution in [3.63, 3.8) is 0 Å². The molecule has 6 nitrogen and oxygen atoms in total. The van der Waals surface area contributed by atoms with Gasteiger partial charge < -0.3 is 14.8 Å². The van der Waals surface area contributed by atoms with Gasteiger partial charge in [0.25, 0.3) is 5.91 Å². The molecule has 1 heterocycles. The second-order valence-electron chi connectivity index (χ2n) is 8.67. The summed E-state index contributed by atoms with van der Waals surface area (Å²) in [7, 11) is 0. The van der Waals surface area contributed by atoms with Crippen LogP contribution in [0.3, 0.4) is 0 Å². The highest BCUT2D eigenvalue weighted by molar-refractivity contribution is 5.95. The van der Waals surface area contributed by atoms with E-state index in [-0.39, 0.29) is 24.4 Å². The second kappa shape index (κ2) is 10.3. The molecule has 0 aliphatic carbocycles. The maximum atomic E-state index is 13.5. The Hall–Kier alpha value is -3.93. The SMILES string of the molecule is Cc1ccc(C(=O)NCCc2nc3ccccc3n2CC(=O)N(c2ccccc2)C(C)C)cc1. The molecular weight excluding hydrogens is 424 g/mol. The number of nitrogens with one attached hydrogen (secondary N) is 1. The fourth-order valence-electron chi connectivity index (χ4n) is 4.12. The van der Waals surface area contributed by atoms with Crippen LogP contribution in [0.25, 0.3) is 11.0 Å². The Bertz CT molecular complexity index is 1280. The van der Waals surface area contributed by atoms with Crippen molar-refractivity contribution < 1.29 is 9.59 Å². The minimum absolute atomic E-state index is 0.00528. The van der Waals surface area contributed by atoms with Crippen molar-refractivity contribution in [3.05, 3.63) is 95.8 Å². The van der Waals surface area contributed by atoms with E-state index in [4.69, 9.17) is 4.98 Å². The van der Waals surface area contributed by atoms with Crippen LogP contribution in [0.2, 0.25) is 0 Å². The molecule has 0 spiro atoms. The van der Waals surface area contributed by atoms with Crippen molar-refractivity contribution in [2.75, 3.05) is 11.4 Å². The summed E-state index contributed by atoms with van der Waals surface area (Å²) in [6.45, 7) is 6.62. The molecule has 3 aromatic carbocycles. The highest BCUT2D eigenvalue weighted by Crippen LogP contribution is 2.20. The van der Waals surface area contributed by atoms with Gasteiger partial charge in [0.15, 0.2) is 0 Å². The average Bonchev–Trinajstić information content (AvgIpc) is 3.17. The van der Waals surface area contributed by atoms with Crippen LogP contribution in [0.5, 0.6) is 0 Å². The van der Waals surface area contributed by atoms with Gasteiger partial charge in [-0.3, -0.25) is 9.59 Å². The van der Waals surface area contributed by atoms with E-state index in [2.05, 4.69) is 5.32 Å². The molecule has 0 radical (unpaired) electrons. The first kappa shape index (κ1) is 23.2. The fourth-order valence-corrected chi connectivity index (χ4v) is 4.12. The molecule has 0 fully saturated rings. The number of aryl methyl sites for hydroxylation is 1. The van der Waals surface area contributed by atoms with E-state index in [9.17, 15) is 9.59 Å². The topological polar surface area (TPSA) is 67.2 Å². The molecule has 0 aliphatic rings. The van der Waals surface area contributed by atoms with E-state index in [1.165, 1.54) is 0 Å². The number of aromatic nitrogens is 2. The number of hydrogen-bond donors (Lipinski definition) is 1. The fraction of sp³-hybridized carbons (Fsp3) is 0.250. The number of fused-ring (bicyclic) bond motifs is 1. The largest absolute Gasteiger partial charge is 0.352 e. The average molecular weight is 455 g/mol. The summed E-state index contributed by atoms with van der Waals surface area (Å²) < 4.78 is 1.97. The standard InChI is InChI=1S/C28H30N4O2/c1-20(2)32(23-9-5-4-6-10-23)27(33)19-31-25-12-8-7-11-24(25)30-26(31)17-18-29-28(34)22-15-13-21(3)14-16-22/h4-16,20H,17-19H2,1-3H3,(H,29,34). The monoisotopic (exact) mass is 454 g/mol. The molecule has 1 N–H and O–H groups in total. The smallest absolute Gasteiger partial charge is 0.251 e. The zero-order chi connectivity index (χ0) is 24.1. The quantitative estimate of drug-likeness (QED) is 0.417. The Labute approximate surface area is 200 Å². The number of anilines is 1. The summed E-state index contributed by atoms with van der Waals surface area (Å²) in [4.78, 5) is 32.5. The number of rotatable bonds is 8. The van der Waals surface area contributed by atoms with Crippen molar-refractivity contribution in [1.29, 1.82) is 0 Å². The summed E-state index contributed by atoms with van der Waals surface area (Å²) >= 11 is 0. The summed E-state index contributed by atoms with van der Waals surface area (Å²) in [5.74, 6) is 0.651. The minimum Gasteiger partial charge on any atom is -0.352 e. The molecule has 1 aromatic heterocycles. The van der Waals surface area contributed by atoms with Crippen LogP contribution in [-0.4, -0.2) is 34.0 Å². The number of carbonyl (C=O) groups is 2. The molecule has 174 valence electrons. The van der Waals surface area contributed by atoms with Gasteiger partial charge in [-0.05, 0) is 57.2 Å². The number of carbonyl (C=O) groups excluding carboxylic acids is 2. The first-order chi connectivity index (χ1) is 16.4. The van der Waals surface area contributed by atoms with Crippen molar-refractivity contribution in [2.24, 2.45) is 0 Å². The number of hydrogen-bond acceptors (Lipinski definition) is 3. The van der Waals surface area contributed by atoms with Crippen LogP contribution in [-0.2, 0) is 17.8 Å². The molecule has 6 heteroatoms. The first-order valence-corrected chi connectivity index (χ1v) is 11.6. The van der Waals surface area contributed by atoms with Crippen LogP contribution in [0, 0.1) is 6.92 Å². The zero-order valence-corrected chi connectivity index (χ0v) is 19.9. The van der Waals surface area contributed by atoms with E-state index in [1.54, 1.807) is 0 Å². The molecule has 4 rings (SSSR count). The summed E-state index contributed by atoms with van der Waals surface area (Å²) in [6, 6.07) is 25.0. The zero-order valence-electron chi connectivity index (χ0n) is 19.9. The van der Waals surface area contributed by atoms with E-state index in [1.807, 2.05) is 109 Å². The van der Waals surface area contributed by atoms with Crippen LogP contribution in [0.1, 0.15) is 35.6 Å². The van der Waals surface area contributed by atoms with Gasteiger partial charge in [-0.2, -0.15) is 0 Å². The molecule has 0 atom stereocenters. The lowest BCUT2D eigenvalue weighted by molar-refractivity contribution is -0.119. The predicted octanol–water partition coefficient (Wildman–Crippen LogP) is 4.76. The van der Waals surface area contributed by atoms with Crippen LogP contribution < -0.4 is 10.2 Å². The van der Waals surface area contributed by atoms with E-state index < -0.39 is 0 Å². The molecule has 0 saturated carbocycles. The highest BCUT2D eigenvalue weighted by Gasteiger charge is 2.22. The molecule has 0 aliphatic heterocycles. The number of amides is 2. The van der Waals surface area contributed by atoms with Gasteiger partial charge in [0.1, 0.15) is 12.4 Å². The van der Waals surface area contributed by atoms with Crippen molar-refractivity contribution >= 4 is 28.5 Å². The summed E-state index contributed by atoms with van der Waals surface area (Å²) in [5.41, 5.74) is 4.36. The van der Waals surface area contributed by atoms with Crippen LogP contribution in [0.4, 0.5) is 5.69 Å². The number of nitrogens with zero attached hydrogens (tertiary/aromatic N) is 3. The van der Waals surface area contributed by atoms with Gasteiger partial charge in [-0.1, -0.05) is 48.0 Å². The number of benzene rings is 3. The third-order valence-corrected chi connectivity index (χ3v) is 5.79. The highest BCUT2D eigenvalue weighted by atomic mass is 16.2. The van der Waals surface area contributed by atoms with Crippen LogP contribution in [0.15, 0.2) is 78.9 Å². The van der Waals surface area contributed by atoms with Gasteiger partial charge in [0.2, 0.25) is 5.91 Å². The molecule has 2 amide bonds. The lowest BCUT2D eigenvalue weighted by Gasteiger charge is -2.27. The minimum atomic E-state index is -0.117. The molecular formula is C28H30N4O2. The van der Waals surface area contributed by atoms with E-state index >= 15 is 0 Å². The Morgan fingerprint density at radius 2 is 1.62 bits per heavy atom. The Morgan fingerprint density at radius 3 is 2.32 bits per heavy atom. The van der Waals surface area contributed by atoms with Crippen molar-refractivity contribution in [1.82, 2.24) is 14.9 Å². The lowest BCUT2D eigenvalue weighted by Crippen LogP contribution is -2.39. The molecule has 0 bridgehead atoms. The molecule has 0 saturated heterocycles. The summed E-state index contributed by atoms with van der Waals surface area (Å²) in [5, 5.41) is 2.97. The number of imidazole rings is 1. The number of para-hydroxylation sites is 3. The Kier molecular flexibility index (Phi) is 7.07. The molecule has 34 heavy (non-hydrogen) atoms. The lowest BCUT2D eigenvalue weighted by atomic mass is 10.1. The van der Waals surface area contributed by atoms with Crippen molar-refractivity contribution in [3.8, 4) is 0 Å². The molecule has 0 unspecified atom stereocenters. The first-order valence-electron chi connectivity index (χ1n) is 11.6. The summed E-state index contributed by atoms with van der Waals surface area (Å²) in [6.07, 6.45) is 0.520. The third-order valence-electron chi connectivity index (χ3n) is 5.79. The Morgan fingerprint density at radius 1 is 0.941 bits per heavy atom. The predicted molar refractivity (Wildman–Crippen MR) is 136 cm³/mol. The van der Waals surface area contributed by atoms with Crippen LogP contribution >= 0.6 is 0 Å². The van der Waals surface area contributed by atoms with Gasteiger partial charge in [-0.25, -0.2) is 4.98 Å². The van der Waals surface area contributed by atoms with E-state index in [0.717, 1.165) is 28.1 Å². The van der Waals surface area contributed by atoms with Gasteiger partial charge in [0, 0.05) is 30.3 Å². The maximum Gasteiger partial charge on any atom is 0.251 e. The third kappa shape index (κ3) is 5.17. The van der Waals surface area contributed by atoms with Crippen molar-refractivity contribution in [2.45, 2.75) is 39.8 Å².